The number of urea groups is 1. The smallest absolute Gasteiger partial charge is 0.321 e. The molecule has 108 valence electrons. The second kappa shape index (κ2) is 6.38. The number of carbonyl (C=O) groups excluding carboxylic acids is 2. The lowest BCUT2D eigenvalue weighted by Gasteiger charge is -2.34. The molecule has 1 fully saturated rings. The normalized spacial score (nSPS) is 15.1. The average Bonchev–Trinajstić information content (AvgIpc) is 2.47. The minimum atomic E-state index is -0.137. The third kappa shape index (κ3) is 3.48. The number of nitrogens with zero attached hydrogens (tertiary/aromatic N) is 2. The SMILES string of the molecule is CC(=O)N1CCN(C(=O)Nc2cccc(CN)c2)CC1. The molecule has 1 saturated heterocycles. The number of piperazine rings is 1. The fourth-order valence-electron chi connectivity index (χ4n) is 2.20. The maximum Gasteiger partial charge on any atom is 0.321 e. The highest BCUT2D eigenvalue weighted by Gasteiger charge is 2.22. The number of nitrogens with two attached hydrogens (primary N) is 1. The lowest BCUT2D eigenvalue weighted by Crippen LogP contribution is -2.51. The molecule has 6 heteroatoms. The third-order valence-corrected chi connectivity index (χ3v) is 3.43. The van der Waals surface area contributed by atoms with Gasteiger partial charge >= 0.3 is 6.03 Å². The van der Waals surface area contributed by atoms with Gasteiger partial charge in [-0.1, -0.05) is 12.1 Å². The van der Waals surface area contributed by atoms with Gasteiger partial charge in [0.25, 0.3) is 0 Å². The molecule has 0 saturated carbocycles. The van der Waals surface area contributed by atoms with Crippen molar-refractivity contribution < 1.29 is 9.59 Å². The van der Waals surface area contributed by atoms with E-state index in [1.165, 1.54) is 0 Å². The van der Waals surface area contributed by atoms with Gasteiger partial charge in [-0.25, -0.2) is 4.79 Å². The number of rotatable bonds is 2. The number of benzene rings is 1. The molecule has 0 atom stereocenters. The van der Waals surface area contributed by atoms with Crippen molar-refractivity contribution in [1.29, 1.82) is 0 Å². The van der Waals surface area contributed by atoms with Crippen molar-refractivity contribution in [3.8, 4) is 0 Å². The number of carbonyl (C=O) groups is 2. The Bertz CT molecular complexity index is 496. The number of amides is 3. The molecule has 1 aliphatic heterocycles. The van der Waals surface area contributed by atoms with Crippen LogP contribution in [0.4, 0.5) is 10.5 Å². The summed E-state index contributed by atoms with van der Waals surface area (Å²) in [4.78, 5) is 26.8. The maximum atomic E-state index is 12.1. The molecular weight excluding hydrogens is 256 g/mol. The van der Waals surface area contributed by atoms with Crippen molar-refractivity contribution in [2.75, 3.05) is 31.5 Å². The molecule has 0 spiro atoms. The zero-order valence-electron chi connectivity index (χ0n) is 11.6. The second-order valence-electron chi connectivity index (χ2n) is 4.83. The van der Waals surface area contributed by atoms with Gasteiger partial charge in [-0.2, -0.15) is 0 Å². The van der Waals surface area contributed by atoms with Gasteiger partial charge in [-0.05, 0) is 17.7 Å². The van der Waals surface area contributed by atoms with Crippen LogP contribution in [-0.2, 0) is 11.3 Å². The fourth-order valence-corrected chi connectivity index (χ4v) is 2.20. The first-order valence-electron chi connectivity index (χ1n) is 6.70. The van der Waals surface area contributed by atoms with Crippen LogP contribution in [0.1, 0.15) is 12.5 Å². The number of nitrogens with one attached hydrogen (secondary N) is 1. The molecule has 0 aliphatic carbocycles. The highest BCUT2D eigenvalue weighted by molar-refractivity contribution is 5.89. The van der Waals surface area contributed by atoms with Crippen molar-refractivity contribution in [1.82, 2.24) is 9.80 Å². The zero-order valence-corrected chi connectivity index (χ0v) is 11.6. The molecule has 0 bridgehead atoms. The molecule has 1 aromatic rings. The Morgan fingerprint density at radius 2 is 1.85 bits per heavy atom. The van der Waals surface area contributed by atoms with Gasteiger partial charge in [0.2, 0.25) is 5.91 Å². The predicted octanol–water partition coefficient (Wildman–Crippen LogP) is 0.841. The largest absolute Gasteiger partial charge is 0.339 e. The Morgan fingerprint density at radius 3 is 2.45 bits per heavy atom. The zero-order chi connectivity index (χ0) is 14.5. The second-order valence-corrected chi connectivity index (χ2v) is 4.83. The molecule has 1 aromatic carbocycles. The van der Waals surface area contributed by atoms with Crippen LogP contribution in [0.2, 0.25) is 0 Å². The third-order valence-electron chi connectivity index (χ3n) is 3.43. The summed E-state index contributed by atoms with van der Waals surface area (Å²) in [5, 5.41) is 2.86. The first kappa shape index (κ1) is 14.3. The predicted molar refractivity (Wildman–Crippen MR) is 77.2 cm³/mol. The van der Waals surface area contributed by atoms with E-state index >= 15 is 0 Å². The molecule has 0 unspecified atom stereocenters. The number of hydrogen-bond acceptors (Lipinski definition) is 3. The lowest BCUT2D eigenvalue weighted by atomic mass is 10.2. The summed E-state index contributed by atoms with van der Waals surface area (Å²) >= 11 is 0. The summed E-state index contributed by atoms with van der Waals surface area (Å²) in [6.07, 6.45) is 0. The monoisotopic (exact) mass is 276 g/mol. The molecule has 3 amide bonds. The molecule has 3 N–H and O–H groups in total. The Balaban J connectivity index is 1.91. The van der Waals surface area contributed by atoms with Crippen LogP contribution < -0.4 is 11.1 Å². The van der Waals surface area contributed by atoms with Gasteiger partial charge < -0.3 is 20.9 Å². The Hall–Kier alpha value is -2.08. The fraction of sp³-hybridized carbons (Fsp3) is 0.429. The lowest BCUT2D eigenvalue weighted by molar-refractivity contribution is -0.130. The molecule has 1 aliphatic rings. The van der Waals surface area contributed by atoms with Crippen LogP contribution in [-0.4, -0.2) is 47.9 Å². The van der Waals surface area contributed by atoms with Gasteiger partial charge in [0.1, 0.15) is 0 Å². The van der Waals surface area contributed by atoms with Gasteiger partial charge in [0.15, 0.2) is 0 Å². The molecule has 6 nitrogen and oxygen atoms in total. The molecule has 20 heavy (non-hydrogen) atoms. The van der Waals surface area contributed by atoms with Crippen molar-refractivity contribution in [2.24, 2.45) is 5.73 Å². The molecule has 1 heterocycles. The van der Waals surface area contributed by atoms with Crippen LogP contribution in [0.5, 0.6) is 0 Å². The van der Waals surface area contributed by atoms with Crippen molar-refractivity contribution in [2.45, 2.75) is 13.5 Å². The Morgan fingerprint density at radius 1 is 1.20 bits per heavy atom. The number of anilines is 1. The van der Waals surface area contributed by atoms with Crippen molar-refractivity contribution in [3.63, 3.8) is 0 Å². The summed E-state index contributed by atoms with van der Waals surface area (Å²) in [6.45, 7) is 4.29. The van der Waals surface area contributed by atoms with E-state index in [1.807, 2.05) is 24.3 Å². The molecule has 2 rings (SSSR count). The van der Waals surface area contributed by atoms with Crippen LogP contribution >= 0.6 is 0 Å². The van der Waals surface area contributed by atoms with Crippen LogP contribution in [0.25, 0.3) is 0 Å². The van der Waals surface area contributed by atoms with Gasteiger partial charge in [-0.3, -0.25) is 4.79 Å². The standard InChI is InChI=1S/C14H20N4O2/c1-11(19)17-5-7-18(8-6-17)14(20)16-13-4-2-3-12(9-13)10-15/h2-4,9H,5-8,10,15H2,1H3,(H,16,20). The summed E-state index contributed by atoms with van der Waals surface area (Å²) < 4.78 is 0. The van der Waals surface area contributed by atoms with Crippen LogP contribution in [0, 0.1) is 0 Å². The summed E-state index contributed by atoms with van der Waals surface area (Å²) in [6, 6.07) is 7.35. The van der Waals surface area contributed by atoms with Gasteiger partial charge in [-0.15, -0.1) is 0 Å². The van der Waals surface area contributed by atoms with E-state index in [2.05, 4.69) is 5.32 Å². The van der Waals surface area contributed by atoms with Gasteiger partial charge in [0, 0.05) is 45.3 Å². The van der Waals surface area contributed by atoms with E-state index in [0.717, 1.165) is 11.3 Å². The summed E-state index contributed by atoms with van der Waals surface area (Å²) in [7, 11) is 0. The Labute approximate surface area is 118 Å². The minimum Gasteiger partial charge on any atom is -0.339 e. The quantitative estimate of drug-likeness (QED) is 0.840. The van der Waals surface area contributed by atoms with Crippen molar-refractivity contribution >= 4 is 17.6 Å². The average molecular weight is 276 g/mol. The Kier molecular flexibility index (Phi) is 4.57. The number of hydrogen-bond donors (Lipinski definition) is 2. The first-order chi connectivity index (χ1) is 9.60. The minimum absolute atomic E-state index is 0.0562. The van der Waals surface area contributed by atoms with Crippen LogP contribution in [0.15, 0.2) is 24.3 Å². The van der Waals surface area contributed by atoms with E-state index in [1.54, 1.807) is 16.7 Å². The van der Waals surface area contributed by atoms with E-state index in [0.29, 0.717) is 32.7 Å². The summed E-state index contributed by atoms with van der Waals surface area (Å²) in [5.74, 6) is 0.0562. The maximum absolute atomic E-state index is 12.1. The van der Waals surface area contributed by atoms with Gasteiger partial charge in [0.05, 0.1) is 0 Å². The van der Waals surface area contributed by atoms with Crippen molar-refractivity contribution in [3.05, 3.63) is 29.8 Å². The highest BCUT2D eigenvalue weighted by Crippen LogP contribution is 2.12. The topological polar surface area (TPSA) is 78.7 Å². The molecular formula is C14H20N4O2. The van der Waals surface area contributed by atoms with Crippen LogP contribution in [0.3, 0.4) is 0 Å². The first-order valence-corrected chi connectivity index (χ1v) is 6.70. The van der Waals surface area contributed by atoms with E-state index in [4.69, 9.17) is 5.73 Å². The highest BCUT2D eigenvalue weighted by atomic mass is 16.2. The summed E-state index contributed by atoms with van der Waals surface area (Å²) in [5.41, 5.74) is 7.29. The molecule has 0 aromatic heterocycles. The van der Waals surface area contributed by atoms with E-state index in [9.17, 15) is 9.59 Å². The van der Waals surface area contributed by atoms with E-state index in [-0.39, 0.29) is 11.9 Å². The van der Waals surface area contributed by atoms with E-state index < -0.39 is 0 Å². The molecule has 0 radical (unpaired) electrons.